The van der Waals surface area contributed by atoms with Crippen molar-refractivity contribution in [3.63, 3.8) is 0 Å². The second kappa shape index (κ2) is 7.23. The number of ether oxygens (including phenoxy) is 1. The molecule has 0 radical (unpaired) electrons. The number of aromatic nitrogens is 1. The van der Waals surface area contributed by atoms with Crippen molar-refractivity contribution in [3.05, 3.63) is 53.2 Å². The third-order valence-electron chi connectivity index (χ3n) is 3.17. The molecule has 2 aromatic rings. The SMILES string of the molecule is Cc1cccc(Oc2ncc(CNCC(C)C)cc2C)c1. The molecule has 0 bridgehead atoms. The number of nitrogens with one attached hydrogen (secondary N) is 1. The van der Waals surface area contributed by atoms with E-state index in [1.807, 2.05) is 31.3 Å². The van der Waals surface area contributed by atoms with Crippen LogP contribution >= 0.6 is 0 Å². The molecular weight excluding hydrogens is 260 g/mol. The van der Waals surface area contributed by atoms with Gasteiger partial charge in [0.2, 0.25) is 5.88 Å². The predicted molar refractivity (Wildman–Crippen MR) is 86.8 cm³/mol. The lowest BCUT2D eigenvalue weighted by molar-refractivity contribution is 0.457. The van der Waals surface area contributed by atoms with Crippen LogP contribution in [0.5, 0.6) is 11.6 Å². The van der Waals surface area contributed by atoms with Crippen LogP contribution in [-0.4, -0.2) is 11.5 Å². The van der Waals surface area contributed by atoms with Crippen molar-refractivity contribution in [3.8, 4) is 11.6 Å². The minimum atomic E-state index is 0.656. The van der Waals surface area contributed by atoms with E-state index < -0.39 is 0 Å². The third-order valence-corrected chi connectivity index (χ3v) is 3.17. The van der Waals surface area contributed by atoms with Crippen molar-refractivity contribution < 1.29 is 4.74 Å². The van der Waals surface area contributed by atoms with E-state index in [0.29, 0.717) is 11.8 Å². The Morgan fingerprint density at radius 1 is 1.19 bits per heavy atom. The van der Waals surface area contributed by atoms with Crippen LogP contribution in [0.15, 0.2) is 36.5 Å². The molecule has 1 heterocycles. The number of hydrogen-bond acceptors (Lipinski definition) is 3. The number of pyridine rings is 1. The maximum atomic E-state index is 5.86. The number of rotatable bonds is 6. The summed E-state index contributed by atoms with van der Waals surface area (Å²) in [5.74, 6) is 2.16. The van der Waals surface area contributed by atoms with E-state index in [2.05, 4.69) is 43.2 Å². The summed E-state index contributed by atoms with van der Waals surface area (Å²) in [5, 5.41) is 3.42. The van der Waals surface area contributed by atoms with Gasteiger partial charge in [0.15, 0.2) is 0 Å². The molecule has 2 rings (SSSR count). The van der Waals surface area contributed by atoms with Gasteiger partial charge in [0, 0.05) is 18.3 Å². The van der Waals surface area contributed by atoms with E-state index in [-0.39, 0.29) is 0 Å². The molecule has 0 atom stereocenters. The Balaban J connectivity index is 2.02. The predicted octanol–water partition coefficient (Wildman–Crippen LogP) is 4.24. The van der Waals surface area contributed by atoms with Crippen LogP contribution in [0.25, 0.3) is 0 Å². The summed E-state index contributed by atoms with van der Waals surface area (Å²) in [4.78, 5) is 4.44. The highest BCUT2D eigenvalue weighted by molar-refractivity contribution is 5.35. The summed E-state index contributed by atoms with van der Waals surface area (Å²) in [6.45, 7) is 10.3. The first-order valence-electron chi connectivity index (χ1n) is 7.45. The van der Waals surface area contributed by atoms with Gasteiger partial charge in [0.25, 0.3) is 0 Å². The van der Waals surface area contributed by atoms with E-state index in [0.717, 1.165) is 24.4 Å². The monoisotopic (exact) mass is 284 g/mol. The molecule has 21 heavy (non-hydrogen) atoms. The van der Waals surface area contributed by atoms with Gasteiger partial charge in [-0.05, 0) is 55.6 Å². The number of nitrogens with zero attached hydrogens (tertiary/aromatic N) is 1. The fraction of sp³-hybridized carbons (Fsp3) is 0.389. The van der Waals surface area contributed by atoms with Gasteiger partial charge >= 0.3 is 0 Å². The molecule has 0 aliphatic heterocycles. The summed E-state index contributed by atoms with van der Waals surface area (Å²) in [7, 11) is 0. The van der Waals surface area contributed by atoms with Crippen molar-refractivity contribution in [1.29, 1.82) is 0 Å². The second-order valence-electron chi connectivity index (χ2n) is 5.91. The summed E-state index contributed by atoms with van der Waals surface area (Å²) >= 11 is 0. The third kappa shape index (κ3) is 4.87. The Hall–Kier alpha value is -1.87. The topological polar surface area (TPSA) is 34.1 Å². The Morgan fingerprint density at radius 3 is 2.67 bits per heavy atom. The summed E-state index contributed by atoms with van der Waals surface area (Å²) in [5.41, 5.74) is 3.42. The van der Waals surface area contributed by atoms with E-state index in [4.69, 9.17) is 4.74 Å². The maximum absolute atomic E-state index is 5.86. The van der Waals surface area contributed by atoms with Gasteiger partial charge in [-0.15, -0.1) is 0 Å². The second-order valence-corrected chi connectivity index (χ2v) is 5.91. The van der Waals surface area contributed by atoms with Crippen LogP contribution < -0.4 is 10.1 Å². The van der Waals surface area contributed by atoms with Crippen molar-refractivity contribution >= 4 is 0 Å². The van der Waals surface area contributed by atoms with Crippen molar-refractivity contribution in [1.82, 2.24) is 10.3 Å². The molecule has 3 heteroatoms. The highest BCUT2D eigenvalue weighted by atomic mass is 16.5. The molecule has 0 saturated heterocycles. The van der Waals surface area contributed by atoms with E-state index in [1.54, 1.807) is 0 Å². The van der Waals surface area contributed by atoms with Gasteiger partial charge in [-0.3, -0.25) is 0 Å². The highest BCUT2D eigenvalue weighted by Crippen LogP contribution is 2.23. The van der Waals surface area contributed by atoms with Gasteiger partial charge in [0.05, 0.1) is 0 Å². The molecule has 0 spiro atoms. The van der Waals surface area contributed by atoms with E-state index >= 15 is 0 Å². The molecule has 1 aromatic heterocycles. The van der Waals surface area contributed by atoms with Crippen LogP contribution in [0.3, 0.4) is 0 Å². The van der Waals surface area contributed by atoms with Crippen molar-refractivity contribution in [2.45, 2.75) is 34.2 Å². The lowest BCUT2D eigenvalue weighted by Gasteiger charge is -2.11. The molecule has 1 N–H and O–H groups in total. The van der Waals surface area contributed by atoms with Gasteiger partial charge in [-0.2, -0.15) is 0 Å². The average molecular weight is 284 g/mol. The van der Waals surface area contributed by atoms with E-state index in [1.165, 1.54) is 11.1 Å². The van der Waals surface area contributed by atoms with Crippen molar-refractivity contribution in [2.75, 3.05) is 6.54 Å². The smallest absolute Gasteiger partial charge is 0.222 e. The number of hydrogen-bond donors (Lipinski definition) is 1. The van der Waals surface area contributed by atoms with Crippen LogP contribution in [0.4, 0.5) is 0 Å². The van der Waals surface area contributed by atoms with Crippen LogP contribution in [0.1, 0.15) is 30.5 Å². The van der Waals surface area contributed by atoms with Gasteiger partial charge in [-0.1, -0.05) is 26.0 Å². The molecule has 0 unspecified atom stereocenters. The standard InChI is InChI=1S/C18H24N2O/c1-13(2)10-19-11-16-9-15(4)18(20-12-16)21-17-7-5-6-14(3)8-17/h5-9,12-13,19H,10-11H2,1-4H3. The zero-order valence-electron chi connectivity index (χ0n) is 13.3. The Bertz CT molecular complexity index is 594. The van der Waals surface area contributed by atoms with Gasteiger partial charge < -0.3 is 10.1 Å². The number of aryl methyl sites for hydroxylation is 2. The first-order chi connectivity index (χ1) is 10.0. The maximum Gasteiger partial charge on any atom is 0.222 e. The quantitative estimate of drug-likeness (QED) is 0.861. The Kier molecular flexibility index (Phi) is 5.34. The minimum Gasteiger partial charge on any atom is -0.439 e. The fourth-order valence-electron chi connectivity index (χ4n) is 2.12. The molecule has 0 aliphatic rings. The normalized spacial score (nSPS) is 10.9. The van der Waals surface area contributed by atoms with Crippen LogP contribution in [0, 0.1) is 19.8 Å². The first kappa shape index (κ1) is 15.5. The zero-order valence-corrected chi connectivity index (χ0v) is 13.3. The Morgan fingerprint density at radius 2 is 2.00 bits per heavy atom. The lowest BCUT2D eigenvalue weighted by atomic mass is 10.2. The van der Waals surface area contributed by atoms with Gasteiger partial charge in [0.1, 0.15) is 5.75 Å². The minimum absolute atomic E-state index is 0.656. The molecule has 0 saturated carbocycles. The summed E-state index contributed by atoms with van der Waals surface area (Å²) in [6.07, 6.45) is 1.88. The lowest BCUT2D eigenvalue weighted by Crippen LogP contribution is -2.19. The number of benzene rings is 1. The molecule has 0 aliphatic carbocycles. The molecule has 112 valence electrons. The zero-order chi connectivity index (χ0) is 15.2. The molecule has 3 nitrogen and oxygen atoms in total. The summed E-state index contributed by atoms with van der Waals surface area (Å²) < 4.78 is 5.86. The molecule has 1 aromatic carbocycles. The fourth-order valence-corrected chi connectivity index (χ4v) is 2.12. The van der Waals surface area contributed by atoms with Crippen LogP contribution in [-0.2, 0) is 6.54 Å². The average Bonchev–Trinajstić information content (AvgIpc) is 2.41. The largest absolute Gasteiger partial charge is 0.439 e. The molecular formula is C18H24N2O. The molecule has 0 fully saturated rings. The first-order valence-corrected chi connectivity index (χ1v) is 7.45. The van der Waals surface area contributed by atoms with Crippen LogP contribution in [0.2, 0.25) is 0 Å². The summed E-state index contributed by atoms with van der Waals surface area (Å²) in [6, 6.07) is 10.1. The van der Waals surface area contributed by atoms with E-state index in [9.17, 15) is 0 Å². The Labute approximate surface area is 127 Å². The highest BCUT2D eigenvalue weighted by Gasteiger charge is 2.05. The van der Waals surface area contributed by atoms with Crippen molar-refractivity contribution in [2.24, 2.45) is 5.92 Å². The molecule has 0 amide bonds. The van der Waals surface area contributed by atoms with Gasteiger partial charge in [-0.25, -0.2) is 4.98 Å².